The number of pyridine rings is 1. The van der Waals surface area contributed by atoms with E-state index in [0.717, 1.165) is 44.0 Å². The van der Waals surface area contributed by atoms with Crippen molar-refractivity contribution < 1.29 is 19.1 Å². The molecular weight excluding hydrogens is 511 g/mol. The van der Waals surface area contributed by atoms with Crippen molar-refractivity contribution in [3.05, 3.63) is 47.8 Å². The second kappa shape index (κ2) is 11.3. The highest BCUT2D eigenvalue weighted by atomic mass is 19.1. The maximum Gasteiger partial charge on any atom is 0.255 e. The molecule has 3 aromatic rings. The van der Waals surface area contributed by atoms with Crippen molar-refractivity contribution >= 4 is 22.9 Å². The van der Waals surface area contributed by atoms with Crippen molar-refractivity contribution in [1.82, 2.24) is 19.9 Å². The Hall–Kier alpha value is -3.84. The quantitative estimate of drug-likeness (QED) is 0.342. The van der Waals surface area contributed by atoms with Crippen LogP contribution in [0, 0.1) is 23.2 Å². The summed E-state index contributed by atoms with van der Waals surface area (Å²) >= 11 is 0. The summed E-state index contributed by atoms with van der Waals surface area (Å²) in [5.74, 6) is 0.607. The average molecular weight is 547 g/mol. The van der Waals surface area contributed by atoms with E-state index < -0.39 is 17.7 Å². The first-order valence-electron chi connectivity index (χ1n) is 13.9. The Morgan fingerprint density at radius 3 is 2.60 bits per heavy atom. The molecule has 0 aliphatic heterocycles. The Morgan fingerprint density at radius 1 is 1.18 bits per heavy atom. The van der Waals surface area contributed by atoms with Crippen LogP contribution >= 0.6 is 0 Å². The normalized spacial score (nSPS) is 20.1. The maximum atomic E-state index is 14.3. The zero-order valence-electron chi connectivity index (χ0n) is 22.9. The molecule has 9 nitrogen and oxygen atoms in total. The molecule has 0 spiro atoms. The summed E-state index contributed by atoms with van der Waals surface area (Å²) in [6, 6.07) is 9.43. The third-order valence-corrected chi connectivity index (χ3v) is 7.98. The lowest BCUT2D eigenvalue weighted by atomic mass is 9.82. The van der Waals surface area contributed by atoms with E-state index in [1.165, 1.54) is 26.2 Å². The first-order valence-corrected chi connectivity index (χ1v) is 13.9. The number of hydrogen-bond acceptors (Lipinski definition) is 7. The number of hydrogen-bond donors (Lipinski definition) is 3. The summed E-state index contributed by atoms with van der Waals surface area (Å²) in [4.78, 5) is 29.9. The number of rotatable bonds is 10. The van der Waals surface area contributed by atoms with Crippen LogP contribution in [0.3, 0.4) is 0 Å². The Labute approximate surface area is 232 Å². The number of amides is 1. The van der Waals surface area contributed by atoms with Crippen LogP contribution < -0.4 is 10.6 Å². The van der Waals surface area contributed by atoms with Crippen molar-refractivity contribution in [2.45, 2.75) is 76.6 Å². The minimum Gasteiger partial charge on any atom is -0.387 e. The lowest BCUT2D eigenvalue weighted by molar-refractivity contribution is -0.121. The third-order valence-electron chi connectivity index (χ3n) is 7.98. The molecule has 1 amide bonds. The number of nitriles is 1. The van der Waals surface area contributed by atoms with Crippen molar-refractivity contribution in [3.63, 3.8) is 0 Å². The summed E-state index contributed by atoms with van der Waals surface area (Å²) < 4.78 is 16.0. The van der Waals surface area contributed by atoms with Gasteiger partial charge >= 0.3 is 0 Å². The fourth-order valence-electron chi connectivity index (χ4n) is 5.26. The van der Waals surface area contributed by atoms with Crippen LogP contribution in [0.2, 0.25) is 0 Å². The van der Waals surface area contributed by atoms with E-state index >= 15 is 0 Å². The fraction of sp³-hybridized carbons (Fsp3) is 0.500. The van der Waals surface area contributed by atoms with Crippen molar-refractivity contribution in [3.8, 4) is 17.5 Å². The molecule has 2 aliphatic rings. The van der Waals surface area contributed by atoms with Crippen LogP contribution in [-0.4, -0.2) is 55.8 Å². The van der Waals surface area contributed by atoms with E-state index in [9.17, 15) is 24.3 Å². The van der Waals surface area contributed by atoms with Gasteiger partial charge in [-0.2, -0.15) is 10.4 Å². The van der Waals surface area contributed by atoms with Gasteiger partial charge in [0.1, 0.15) is 18.0 Å². The summed E-state index contributed by atoms with van der Waals surface area (Å²) in [5, 5.41) is 29.6. The number of ketones is 1. The molecule has 40 heavy (non-hydrogen) atoms. The largest absolute Gasteiger partial charge is 0.387 e. The second-order valence-corrected chi connectivity index (χ2v) is 11.7. The zero-order valence-corrected chi connectivity index (χ0v) is 22.9. The number of aliphatic hydroxyl groups is 1. The highest BCUT2D eigenvalue weighted by molar-refractivity contribution is 6.00. The SMILES string of the molecule is CC(C)(O)[C@H](F)CNC(=O)c1cnc(-c2ccc3cc(C#N)cnn23)cc1NC1CCC(CC(=O)C2CC2)CC1. The molecule has 0 saturated heterocycles. The topological polar surface area (TPSA) is 132 Å². The number of alkyl halides is 1. The molecule has 2 fully saturated rings. The Balaban J connectivity index is 1.37. The fourth-order valence-corrected chi connectivity index (χ4v) is 5.26. The van der Waals surface area contributed by atoms with E-state index in [1.807, 2.05) is 12.1 Å². The standard InChI is InChI=1S/C30H35FN6O3/c1-30(2,40)28(31)17-34-29(39)23-16-33-25(26-10-9-22-11-19(14-32)15-35-37(22)26)13-24(23)36-21-7-3-18(4-8-21)12-27(38)20-5-6-20/h9-11,13,15-16,18,20-21,28,40H,3-8,12,17H2,1-2H3,(H,33,36)(H,34,39)/t18?,21?,28-/m1/s1. The number of carbonyl (C=O) groups is 2. The van der Waals surface area contributed by atoms with Crippen molar-refractivity contribution in [1.29, 1.82) is 5.26 Å². The molecule has 0 bridgehead atoms. The summed E-state index contributed by atoms with van der Waals surface area (Å²) in [6.07, 6.45) is 7.69. The van der Waals surface area contributed by atoms with E-state index in [-0.39, 0.29) is 18.2 Å². The highest BCUT2D eigenvalue weighted by Crippen LogP contribution is 2.36. The van der Waals surface area contributed by atoms with Gasteiger partial charge in [0.05, 0.1) is 52.1 Å². The number of aromatic nitrogens is 3. The molecule has 5 rings (SSSR count). The number of fused-ring (bicyclic) bond motifs is 1. The molecule has 0 aromatic carbocycles. The molecule has 2 saturated carbocycles. The second-order valence-electron chi connectivity index (χ2n) is 11.7. The smallest absolute Gasteiger partial charge is 0.255 e. The molecule has 210 valence electrons. The highest BCUT2D eigenvalue weighted by Gasteiger charge is 2.32. The number of anilines is 1. The van der Waals surface area contributed by atoms with Crippen LogP contribution in [-0.2, 0) is 4.79 Å². The van der Waals surface area contributed by atoms with Gasteiger partial charge in [-0.1, -0.05) is 0 Å². The molecule has 3 heterocycles. The van der Waals surface area contributed by atoms with Gasteiger partial charge < -0.3 is 15.7 Å². The monoisotopic (exact) mass is 546 g/mol. The zero-order chi connectivity index (χ0) is 28.4. The van der Waals surface area contributed by atoms with Gasteiger partial charge in [-0.25, -0.2) is 8.91 Å². The summed E-state index contributed by atoms with van der Waals surface area (Å²) in [7, 11) is 0. The first-order chi connectivity index (χ1) is 19.1. The lowest BCUT2D eigenvalue weighted by Gasteiger charge is -2.30. The summed E-state index contributed by atoms with van der Waals surface area (Å²) in [6.45, 7) is 2.38. The van der Waals surface area contributed by atoms with E-state index in [2.05, 4.69) is 26.8 Å². The number of nitrogens with zero attached hydrogens (tertiary/aromatic N) is 4. The van der Waals surface area contributed by atoms with Crippen LogP contribution in [0.4, 0.5) is 10.1 Å². The lowest BCUT2D eigenvalue weighted by Crippen LogP contribution is -2.42. The van der Waals surface area contributed by atoms with Crippen LogP contribution in [0.25, 0.3) is 16.9 Å². The molecule has 0 radical (unpaired) electrons. The predicted octanol–water partition coefficient (Wildman–Crippen LogP) is 4.45. The maximum absolute atomic E-state index is 14.3. The minimum absolute atomic E-state index is 0.111. The number of carbonyl (C=O) groups excluding carboxylic acids is 2. The van der Waals surface area contributed by atoms with E-state index in [0.29, 0.717) is 46.7 Å². The van der Waals surface area contributed by atoms with Gasteiger partial charge in [0.25, 0.3) is 5.91 Å². The molecule has 3 aromatic heterocycles. The van der Waals surface area contributed by atoms with Gasteiger partial charge in [0.2, 0.25) is 0 Å². The number of nitrogens with one attached hydrogen (secondary N) is 2. The Kier molecular flexibility index (Phi) is 7.86. The average Bonchev–Trinajstić information content (AvgIpc) is 3.71. The minimum atomic E-state index is -1.63. The van der Waals surface area contributed by atoms with E-state index in [1.54, 1.807) is 16.6 Å². The molecular formula is C30H35FN6O3. The van der Waals surface area contributed by atoms with E-state index in [4.69, 9.17) is 0 Å². The molecule has 10 heteroatoms. The number of halogens is 1. The van der Waals surface area contributed by atoms with Crippen LogP contribution in [0.1, 0.15) is 74.7 Å². The van der Waals surface area contributed by atoms with Crippen molar-refractivity contribution in [2.24, 2.45) is 11.8 Å². The predicted molar refractivity (Wildman–Crippen MR) is 148 cm³/mol. The van der Waals surface area contributed by atoms with Gasteiger partial charge in [-0.05, 0) is 82.6 Å². The molecule has 0 unspecified atom stereocenters. The molecule has 2 aliphatic carbocycles. The Bertz CT molecular complexity index is 1440. The first kappa shape index (κ1) is 27.7. The number of Topliss-reactive ketones (excluding diaryl/α,β-unsaturated/α-hetero) is 1. The van der Waals surface area contributed by atoms with Crippen LogP contribution in [0.5, 0.6) is 0 Å². The van der Waals surface area contributed by atoms with Gasteiger partial charge in [-0.15, -0.1) is 0 Å². The van der Waals surface area contributed by atoms with Gasteiger partial charge in [0, 0.05) is 24.6 Å². The van der Waals surface area contributed by atoms with Gasteiger partial charge in [0.15, 0.2) is 0 Å². The van der Waals surface area contributed by atoms with Crippen molar-refractivity contribution in [2.75, 3.05) is 11.9 Å². The van der Waals surface area contributed by atoms with Gasteiger partial charge in [-0.3, -0.25) is 14.6 Å². The molecule has 1 atom stereocenters. The molecule has 3 N–H and O–H groups in total. The Morgan fingerprint density at radius 2 is 1.93 bits per heavy atom. The summed E-state index contributed by atoms with van der Waals surface area (Å²) in [5.41, 5.74) is 1.74. The van der Waals surface area contributed by atoms with Crippen LogP contribution in [0.15, 0.2) is 36.7 Å². The third kappa shape index (κ3) is 6.31.